The van der Waals surface area contributed by atoms with Gasteiger partial charge in [0.25, 0.3) is 0 Å². The van der Waals surface area contributed by atoms with Crippen molar-refractivity contribution in [2.75, 3.05) is 6.54 Å². The first-order valence-electron chi connectivity index (χ1n) is 7.48. The van der Waals surface area contributed by atoms with Gasteiger partial charge in [0, 0.05) is 18.8 Å². The summed E-state index contributed by atoms with van der Waals surface area (Å²) in [6, 6.07) is 12.6. The molecule has 0 aliphatic carbocycles. The van der Waals surface area contributed by atoms with Crippen LogP contribution in [0, 0.1) is 0 Å². The van der Waals surface area contributed by atoms with Gasteiger partial charge in [-0.3, -0.25) is 4.90 Å². The van der Waals surface area contributed by atoms with Gasteiger partial charge in [-0.2, -0.15) is 0 Å². The van der Waals surface area contributed by atoms with Gasteiger partial charge in [-0.15, -0.1) is 0 Å². The Morgan fingerprint density at radius 1 is 1.17 bits per heavy atom. The third-order valence-corrected chi connectivity index (χ3v) is 4.13. The van der Waals surface area contributed by atoms with Gasteiger partial charge in [0.15, 0.2) is 0 Å². The predicted octanol–water partition coefficient (Wildman–Crippen LogP) is 2.90. The van der Waals surface area contributed by atoms with Crippen molar-refractivity contribution in [1.82, 2.24) is 9.47 Å². The molecule has 0 saturated carbocycles. The molecule has 2 heterocycles. The zero-order valence-corrected chi connectivity index (χ0v) is 12.8. The zero-order valence-electron chi connectivity index (χ0n) is 12.8. The van der Waals surface area contributed by atoms with Crippen LogP contribution in [-0.2, 0) is 17.9 Å². The number of carbonyl (C=O) groups is 2. The molecule has 0 fully saturated rings. The van der Waals surface area contributed by atoms with E-state index in [1.54, 1.807) is 21.6 Å². The largest absolute Gasteiger partial charge is 0.477 e. The summed E-state index contributed by atoms with van der Waals surface area (Å²) in [6.07, 6.45) is -0.384. The van der Waals surface area contributed by atoms with Crippen LogP contribution in [0.25, 0.3) is 0 Å². The van der Waals surface area contributed by atoms with Crippen LogP contribution in [0.15, 0.2) is 42.5 Å². The Bertz CT molecular complexity index is 723. The van der Waals surface area contributed by atoms with Gasteiger partial charge in [0.1, 0.15) is 12.3 Å². The van der Waals surface area contributed by atoms with E-state index in [-0.39, 0.29) is 24.4 Å². The van der Waals surface area contributed by atoms with Gasteiger partial charge in [0.2, 0.25) is 0 Å². The van der Waals surface area contributed by atoms with Crippen LogP contribution in [0.4, 0.5) is 4.79 Å². The molecule has 0 radical (unpaired) electrons. The predicted molar refractivity (Wildman–Crippen MR) is 83.1 cm³/mol. The minimum absolute atomic E-state index is 0.222. The fourth-order valence-electron chi connectivity index (χ4n) is 2.90. The summed E-state index contributed by atoms with van der Waals surface area (Å²) >= 11 is 0. The number of amides is 1. The van der Waals surface area contributed by atoms with E-state index < -0.39 is 5.97 Å². The van der Waals surface area contributed by atoms with Crippen LogP contribution < -0.4 is 0 Å². The number of hydrogen-bond acceptors (Lipinski definition) is 3. The van der Waals surface area contributed by atoms with Crippen molar-refractivity contribution in [1.29, 1.82) is 0 Å². The molecule has 0 saturated heterocycles. The number of carboxylic acid groups (broad SMARTS) is 1. The van der Waals surface area contributed by atoms with Crippen LogP contribution >= 0.6 is 0 Å². The van der Waals surface area contributed by atoms with E-state index >= 15 is 0 Å². The van der Waals surface area contributed by atoms with E-state index in [4.69, 9.17) is 4.74 Å². The fourth-order valence-corrected chi connectivity index (χ4v) is 2.90. The van der Waals surface area contributed by atoms with Crippen molar-refractivity contribution in [2.24, 2.45) is 0 Å². The van der Waals surface area contributed by atoms with Gasteiger partial charge in [-0.25, -0.2) is 9.59 Å². The van der Waals surface area contributed by atoms with Gasteiger partial charge < -0.3 is 14.4 Å². The van der Waals surface area contributed by atoms with Crippen molar-refractivity contribution in [3.63, 3.8) is 0 Å². The van der Waals surface area contributed by atoms with Crippen molar-refractivity contribution in [2.45, 2.75) is 26.1 Å². The Morgan fingerprint density at radius 3 is 2.61 bits per heavy atom. The summed E-state index contributed by atoms with van der Waals surface area (Å²) in [5.41, 5.74) is 2.00. The van der Waals surface area contributed by atoms with E-state index in [1.807, 2.05) is 37.3 Å². The highest BCUT2D eigenvalue weighted by atomic mass is 16.6. The SMILES string of the molecule is C[C@@H]1c2ccc(C(=O)O)n2CCN1C(=O)OCc1ccccc1. The summed E-state index contributed by atoms with van der Waals surface area (Å²) < 4.78 is 7.11. The second-order valence-electron chi connectivity index (χ2n) is 5.51. The summed E-state index contributed by atoms with van der Waals surface area (Å²) in [6.45, 7) is 2.98. The van der Waals surface area contributed by atoms with E-state index in [0.29, 0.717) is 13.1 Å². The smallest absolute Gasteiger partial charge is 0.410 e. The molecular formula is C17H18N2O4. The molecule has 6 nitrogen and oxygen atoms in total. The molecule has 1 N–H and O–H groups in total. The first kappa shape index (κ1) is 15.1. The molecule has 0 bridgehead atoms. The Balaban J connectivity index is 1.69. The molecule has 23 heavy (non-hydrogen) atoms. The monoisotopic (exact) mass is 314 g/mol. The van der Waals surface area contributed by atoms with Crippen molar-refractivity contribution in [3.8, 4) is 0 Å². The van der Waals surface area contributed by atoms with Crippen LogP contribution in [0.5, 0.6) is 0 Å². The number of aromatic nitrogens is 1. The third kappa shape index (κ3) is 2.92. The maximum absolute atomic E-state index is 12.3. The maximum Gasteiger partial charge on any atom is 0.410 e. The van der Waals surface area contributed by atoms with E-state index in [9.17, 15) is 14.7 Å². The highest BCUT2D eigenvalue weighted by molar-refractivity contribution is 5.86. The number of fused-ring (bicyclic) bond motifs is 1. The van der Waals surface area contributed by atoms with Crippen LogP contribution in [0.1, 0.15) is 34.7 Å². The normalized spacial score (nSPS) is 16.7. The molecule has 1 aliphatic rings. The molecule has 1 atom stereocenters. The summed E-state index contributed by atoms with van der Waals surface area (Å²) in [7, 11) is 0. The first-order valence-corrected chi connectivity index (χ1v) is 7.48. The molecule has 1 aliphatic heterocycles. The average Bonchev–Trinajstić information content (AvgIpc) is 2.99. The lowest BCUT2D eigenvalue weighted by atomic mass is 10.1. The highest BCUT2D eigenvalue weighted by Gasteiger charge is 2.31. The first-order chi connectivity index (χ1) is 11.1. The number of hydrogen-bond donors (Lipinski definition) is 1. The number of nitrogens with zero attached hydrogens (tertiary/aromatic N) is 2. The van der Waals surface area contributed by atoms with E-state index in [1.165, 1.54) is 0 Å². The highest BCUT2D eigenvalue weighted by Crippen LogP contribution is 2.28. The summed E-state index contributed by atoms with van der Waals surface area (Å²) in [5.74, 6) is -0.955. The standard InChI is InChI=1S/C17H18N2O4/c1-12-14-7-8-15(16(20)21)19(14)10-9-18(12)17(22)23-11-13-5-3-2-4-6-13/h2-8,12H,9-11H2,1H3,(H,20,21)/t12-/m1/s1. The molecule has 1 aromatic carbocycles. The Morgan fingerprint density at radius 2 is 1.91 bits per heavy atom. The summed E-state index contributed by atoms with van der Waals surface area (Å²) in [4.78, 5) is 25.1. The van der Waals surface area contributed by atoms with Gasteiger partial charge in [-0.05, 0) is 24.6 Å². The van der Waals surface area contributed by atoms with Crippen LogP contribution in [0.2, 0.25) is 0 Å². The lowest BCUT2D eigenvalue weighted by Crippen LogP contribution is -2.41. The molecule has 1 amide bonds. The number of carboxylic acids is 1. The van der Waals surface area contributed by atoms with Crippen molar-refractivity contribution in [3.05, 3.63) is 59.4 Å². The molecular weight excluding hydrogens is 296 g/mol. The number of carbonyl (C=O) groups excluding carboxylic acids is 1. The van der Waals surface area contributed by atoms with E-state index in [0.717, 1.165) is 11.3 Å². The number of rotatable bonds is 3. The second kappa shape index (κ2) is 6.16. The number of benzene rings is 1. The Hall–Kier alpha value is -2.76. The van der Waals surface area contributed by atoms with Gasteiger partial charge in [0.05, 0.1) is 6.04 Å². The minimum Gasteiger partial charge on any atom is -0.477 e. The molecule has 0 unspecified atom stereocenters. The third-order valence-electron chi connectivity index (χ3n) is 4.13. The molecule has 0 spiro atoms. The van der Waals surface area contributed by atoms with Gasteiger partial charge >= 0.3 is 12.1 Å². The maximum atomic E-state index is 12.3. The summed E-state index contributed by atoms with van der Waals surface area (Å²) in [5, 5.41) is 9.18. The van der Waals surface area contributed by atoms with Crippen molar-refractivity contribution >= 4 is 12.1 Å². The van der Waals surface area contributed by atoms with E-state index in [2.05, 4.69) is 0 Å². The van der Waals surface area contributed by atoms with Crippen LogP contribution in [0.3, 0.4) is 0 Å². The molecule has 6 heteroatoms. The lowest BCUT2D eigenvalue weighted by molar-refractivity contribution is 0.0661. The second-order valence-corrected chi connectivity index (χ2v) is 5.51. The Labute approximate surface area is 133 Å². The fraction of sp³-hybridized carbons (Fsp3) is 0.294. The van der Waals surface area contributed by atoms with Gasteiger partial charge in [-0.1, -0.05) is 30.3 Å². The van der Waals surface area contributed by atoms with Crippen molar-refractivity contribution < 1.29 is 19.4 Å². The molecule has 3 rings (SSSR count). The number of ether oxygens (including phenoxy) is 1. The zero-order chi connectivity index (χ0) is 16.4. The number of aromatic carboxylic acids is 1. The Kier molecular flexibility index (Phi) is 4.06. The minimum atomic E-state index is -0.955. The molecule has 1 aromatic heterocycles. The van der Waals surface area contributed by atoms with Crippen LogP contribution in [-0.4, -0.2) is 33.2 Å². The lowest BCUT2D eigenvalue weighted by Gasteiger charge is -2.34. The molecule has 120 valence electrons. The quantitative estimate of drug-likeness (QED) is 0.945. The average molecular weight is 314 g/mol. The molecule has 2 aromatic rings. The topological polar surface area (TPSA) is 71.8 Å².